The van der Waals surface area contributed by atoms with Crippen LogP contribution in [0.1, 0.15) is 32.1 Å². The van der Waals surface area contributed by atoms with Crippen LogP contribution >= 0.6 is 0 Å². The number of nitrogens with one attached hydrogen (secondary N) is 1. The van der Waals surface area contributed by atoms with E-state index in [0.29, 0.717) is 25.1 Å². The lowest BCUT2D eigenvalue weighted by molar-refractivity contribution is -0.133. The summed E-state index contributed by atoms with van der Waals surface area (Å²) in [4.78, 5) is 14.1. The van der Waals surface area contributed by atoms with Gasteiger partial charge in [-0.15, -0.1) is 0 Å². The van der Waals surface area contributed by atoms with Gasteiger partial charge in [0.2, 0.25) is 5.91 Å². The van der Waals surface area contributed by atoms with Crippen LogP contribution < -0.4 is 5.32 Å². The molecule has 2 unspecified atom stereocenters. The molecule has 16 heavy (non-hydrogen) atoms. The molecule has 0 bridgehead atoms. The molecule has 2 aliphatic heterocycles. The van der Waals surface area contributed by atoms with E-state index in [2.05, 4.69) is 10.2 Å². The highest BCUT2D eigenvalue weighted by atomic mass is 16.5. The number of likely N-dealkylation sites (tertiary alicyclic amines) is 1. The fraction of sp³-hybridized carbons (Fsp3) is 0.917. The van der Waals surface area contributed by atoms with Gasteiger partial charge in [-0.3, -0.25) is 4.79 Å². The second-order valence-electron chi connectivity index (χ2n) is 4.74. The average Bonchev–Trinajstić information content (AvgIpc) is 2.94. The van der Waals surface area contributed by atoms with Gasteiger partial charge < -0.3 is 15.0 Å². The van der Waals surface area contributed by atoms with Gasteiger partial charge in [-0.25, -0.2) is 0 Å². The van der Waals surface area contributed by atoms with Crippen molar-refractivity contribution in [2.75, 3.05) is 26.8 Å². The number of nitrogens with zero attached hydrogens (tertiary/aromatic N) is 1. The number of methoxy groups -OCH3 is 1. The summed E-state index contributed by atoms with van der Waals surface area (Å²) in [5.74, 6) is 0.262. The molecule has 0 aromatic heterocycles. The van der Waals surface area contributed by atoms with E-state index in [1.165, 1.54) is 12.8 Å². The van der Waals surface area contributed by atoms with E-state index in [1.807, 2.05) is 0 Å². The Balaban J connectivity index is 1.89. The van der Waals surface area contributed by atoms with Crippen molar-refractivity contribution >= 4 is 5.91 Å². The Kier molecular flexibility index (Phi) is 4.18. The summed E-state index contributed by atoms with van der Waals surface area (Å²) in [7, 11) is 1.65. The Labute approximate surface area is 97.3 Å². The van der Waals surface area contributed by atoms with Crippen molar-refractivity contribution in [2.24, 2.45) is 0 Å². The number of hydrogen-bond acceptors (Lipinski definition) is 3. The molecule has 2 atom stereocenters. The van der Waals surface area contributed by atoms with Crippen molar-refractivity contribution in [3.8, 4) is 0 Å². The first-order valence-electron chi connectivity index (χ1n) is 6.34. The molecule has 4 nitrogen and oxygen atoms in total. The van der Waals surface area contributed by atoms with Crippen LogP contribution in [0.15, 0.2) is 0 Å². The molecular weight excluding hydrogens is 204 g/mol. The molecule has 0 saturated carbocycles. The zero-order valence-electron chi connectivity index (χ0n) is 10.1. The predicted octanol–water partition coefficient (Wildman–Crippen LogP) is 0.766. The van der Waals surface area contributed by atoms with Gasteiger partial charge in [-0.05, 0) is 32.2 Å². The third kappa shape index (κ3) is 2.55. The minimum absolute atomic E-state index is 0.262. The third-order valence-corrected chi connectivity index (χ3v) is 3.70. The summed E-state index contributed by atoms with van der Waals surface area (Å²) >= 11 is 0. The quantitative estimate of drug-likeness (QED) is 0.769. The van der Waals surface area contributed by atoms with Gasteiger partial charge in [0.25, 0.3) is 0 Å². The molecule has 0 aromatic rings. The molecule has 0 aromatic carbocycles. The third-order valence-electron chi connectivity index (χ3n) is 3.70. The molecule has 0 radical (unpaired) electrons. The zero-order valence-corrected chi connectivity index (χ0v) is 10.1. The molecule has 0 spiro atoms. The Morgan fingerprint density at radius 3 is 3.00 bits per heavy atom. The van der Waals surface area contributed by atoms with Crippen molar-refractivity contribution in [2.45, 2.75) is 44.2 Å². The van der Waals surface area contributed by atoms with Gasteiger partial charge >= 0.3 is 0 Å². The van der Waals surface area contributed by atoms with E-state index >= 15 is 0 Å². The van der Waals surface area contributed by atoms with Crippen LogP contribution in [-0.2, 0) is 9.53 Å². The van der Waals surface area contributed by atoms with Gasteiger partial charge in [0.15, 0.2) is 0 Å². The van der Waals surface area contributed by atoms with Gasteiger partial charge in [-0.1, -0.05) is 0 Å². The Morgan fingerprint density at radius 1 is 1.44 bits per heavy atom. The molecule has 2 aliphatic rings. The summed E-state index contributed by atoms with van der Waals surface area (Å²) < 4.78 is 4.97. The summed E-state index contributed by atoms with van der Waals surface area (Å²) in [6, 6.07) is 0.973. The molecule has 0 aliphatic carbocycles. The van der Waals surface area contributed by atoms with Gasteiger partial charge in [0.05, 0.1) is 13.0 Å². The van der Waals surface area contributed by atoms with Crippen molar-refractivity contribution < 1.29 is 9.53 Å². The summed E-state index contributed by atoms with van der Waals surface area (Å²) in [6.07, 6.45) is 5.32. The first-order valence-corrected chi connectivity index (χ1v) is 6.34. The Morgan fingerprint density at radius 2 is 2.31 bits per heavy atom. The fourth-order valence-electron chi connectivity index (χ4n) is 2.89. The van der Waals surface area contributed by atoms with Gasteiger partial charge in [0.1, 0.15) is 0 Å². The van der Waals surface area contributed by atoms with Gasteiger partial charge in [0, 0.05) is 25.7 Å². The molecule has 92 valence electrons. The SMILES string of the molecule is COCCC(=O)N1CCCC1C1CCCN1. The Bertz CT molecular complexity index is 239. The van der Waals surface area contributed by atoms with E-state index in [1.54, 1.807) is 7.11 Å². The maximum absolute atomic E-state index is 12.0. The van der Waals surface area contributed by atoms with Crippen molar-refractivity contribution in [3.63, 3.8) is 0 Å². The molecule has 2 rings (SSSR count). The van der Waals surface area contributed by atoms with Crippen molar-refractivity contribution in [3.05, 3.63) is 0 Å². The minimum Gasteiger partial charge on any atom is -0.384 e. The molecule has 2 fully saturated rings. The van der Waals surface area contributed by atoms with Gasteiger partial charge in [-0.2, -0.15) is 0 Å². The normalized spacial score (nSPS) is 29.9. The maximum Gasteiger partial charge on any atom is 0.225 e. The first kappa shape index (κ1) is 11.9. The standard InChI is InChI=1S/C12H22N2O2/c1-16-9-6-12(15)14-8-3-5-11(14)10-4-2-7-13-10/h10-11,13H,2-9H2,1H3. The van der Waals surface area contributed by atoms with E-state index in [-0.39, 0.29) is 5.91 Å². The van der Waals surface area contributed by atoms with Crippen LogP contribution in [0.2, 0.25) is 0 Å². The van der Waals surface area contributed by atoms with Crippen LogP contribution in [0.4, 0.5) is 0 Å². The molecule has 4 heteroatoms. The highest BCUT2D eigenvalue weighted by molar-refractivity contribution is 5.77. The second-order valence-corrected chi connectivity index (χ2v) is 4.74. The number of carbonyl (C=O) groups is 1. The lowest BCUT2D eigenvalue weighted by Crippen LogP contribution is -2.46. The monoisotopic (exact) mass is 226 g/mol. The van der Waals surface area contributed by atoms with Crippen LogP contribution in [0.3, 0.4) is 0 Å². The first-order chi connectivity index (χ1) is 7.83. The van der Waals surface area contributed by atoms with Crippen molar-refractivity contribution in [1.29, 1.82) is 0 Å². The van der Waals surface area contributed by atoms with Crippen LogP contribution in [0.25, 0.3) is 0 Å². The maximum atomic E-state index is 12.0. The van der Waals surface area contributed by atoms with Crippen LogP contribution in [0.5, 0.6) is 0 Å². The van der Waals surface area contributed by atoms with E-state index in [4.69, 9.17) is 4.74 Å². The Hall–Kier alpha value is -0.610. The lowest BCUT2D eigenvalue weighted by Gasteiger charge is -2.29. The van der Waals surface area contributed by atoms with E-state index in [9.17, 15) is 4.79 Å². The number of carbonyl (C=O) groups excluding carboxylic acids is 1. The lowest BCUT2D eigenvalue weighted by atomic mass is 10.0. The number of amides is 1. The number of rotatable bonds is 4. The topological polar surface area (TPSA) is 41.6 Å². The largest absolute Gasteiger partial charge is 0.384 e. The fourth-order valence-corrected chi connectivity index (χ4v) is 2.89. The molecule has 2 saturated heterocycles. The smallest absolute Gasteiger partial charge is 0.225 e. The number of ether oxygens (including phenoxy) is 1. The highest BCUT2D eigenvalue weighted by Gasteiger charge is 2.35. The predicted molar refractivity (Wildman–Crippen MR) is 62.3 cm³/mol. The summed E-state index contributed by atoms with van der Waals surface area (Å²) in [6.45, 7) is 2.59. The number of hydrogen-bond donors (Lipinski definition) is 1. The van der Waals surface area contributed by atoms with E-state index < -0.39 is 0 Å². The molecule has 2 heterocycles. The van der Waals surface area contributed by atoms with Crippen molar-refractivity contribution in [1.82, 2.24) is 10.2 Å². The van der Waals surface area contributed by atoms with Crippen LogP contribution in [-0.4, -0.2) is 49.7 Å². The highest BCUT2D eigenvalue weighted by Crippen LogP contribution is 2.25. The zero-order chi connectivity index (χ0) is 11.4. The van der Waals surface area contributed by atoms with E-state index in [0.717, 1.165) is 25.9 Å². The summed E-state index contributed by atoms with van der Waals surface area (Å²) in [5, 5.41) is 3.51. The molecule has 1 amide bonds. The van der Waals surface area contributed by atoms with Crippen LogP contribution in [0, 0.1) is 0 Å². The minimum atomic E-state index is 0.262. The second kappa shape index (κ2) is 5.64. The average molecular weight is 226 g/mol. The molecular formula is C12H22N2O2. The summed E-state index contributed by atoms with van der Waals surface area (Å²) in [5.41, 5.74) is 0. The molecule has 1 N–H and O–H groups in total.